The number of nitrogens with two attached hydrogens (primary N) is 1. The van der Waals surface area contributed by atoms with Gasteiger partial charge in [-0.05, 0) is 17.9 Å². The molecule has 1 heterocycles. The molecule has 1 amide bonds. The molecule has 0 bridgehead atoms. The van der Waals surface area contributed by atoms with Crippen LogP contribution < -0.4 is 5.73 Å². The first-order valence-corrected chi connectivity index (χ1v) is 8.24. The summed E-state index contributed by atoms with van der Waals surface area (Å²) in [6.45, 7) is 3.93. The highest BCUT2D eigenvalue weighted by atomic mass is 35.5. The van der Waals surface area contributed by atoms with Gasteiger partial charge in [0.1, 0.15) is 6.61 Å². The van der Waals surface area contributed by atoms with E-state index in [4.69, 9.17) is 15.2 Å². The van der Waals surface area contributed by atoms with Gasteiger partial charge in [-0.1, -0.05) is 25.8 Å². The zero-order valence-electron chi connectivity index (χ0n) is 13.3. The lowest BCUT2D eigenvalue weighted by Gasteiger charge is -2.22. The van der Waals surface area contributed by atoms with Crippen LogP contribution in [0.4, 0.5) is 4.79 Å². The van der Waals surface area contributed by atoms with E-state index >= 15 is 0 Å². The third kappa shape index (κ3) is 8.58. The van der Waals surface area contributed by atoms with Crippen molar-refractivity contribution in [3.8, 4) is 0 Å². The summed E-state index contributed by atoms with van der Waals surface area (Å²) in [7, 11) is 1.62. The number of halogens is 1. The largest absolute Gasteiger partial charge is 0.448 e. The standard InChI is InChI=1S/C15H26N2O3S.ClH/c1-3-4-6-13(16)12-20-15(18)17(8-9-19-2)11-14-7-5-10-21-14;/h5,7,10,13H,3-4,6,8-9,11-12,16H2,1-2H3;1H/t13-;/m0./s1. The molecule has 1 atom stereocenters. The van der Waals surface area contributed by atoms with Crippen LogP contribution in [0.25, 0.3) is 0 Å². The van der Waals surface area contributed by atoms with E-state index in [1.165, 1.54) is 0 Å². The molecular formula is C15H27ClN2O3S. The van der Waals surface area contributed by atoms with Crippen molar-refractivity contribution in [2.45, 2.75) is 38.8 Å². The summed E-state index contributed by atoms with van der Waals surface area (Å²) in [4.78, 5) is 14.9. The lowest BCUT2D eigenvalue weighted by molar-refractivity contribution is 0.0800. The van der Waals surface area contributed by atoms with Crippen LogP contribution in [0.5, 0.6) is 0 Å². The monoisotopic (exact) mass is 350 g/mol. The van der Waals surface area contributed by atoms with Gasteiger partial charge in [0, 0.05) is 24.6 Å². The molecule has 0 aliphatic heterocycles. The third-order valence-electron chi connectivity index (χ3n) is 3.10. The summed E-state index contributed by atoms with van der Waals surface area (Å²) in [6, 6.07) is 3.89. The number of carbonyl (C=O) groups is 1. The van der Waals surface area contributed by atoms with Crippen LogP contribution in [0.2, 0.25) is 0 Å². The fourth-order valence-electron chi connectivity index (χ4n) is 1.85. The lowest BCUT2D eigenvalue weighted by atomic mass is 10.1. The third-order valence-corrected chi connectivity index (χ3v) is 3.96. The molecule has 22 heavy (non-hydrogen) atoms. The van der Waals surface area contributed by atoms with Crippen molar-refractivity contribution in [2.75, 3.05) is 26.9 Å². The van der Waals surface area contributed by atoms with Crippen LogP contribution >= 0.6 is 23.7 Å². The molecule has 1 rings (SSSR count). The zero-order chi connectivity index (χ0) is 15.5. The van der Waals surface area contributed by atoms with Crippen molar-refractivity contribution in [1.82, 2.24) is 4.90 Å². The predicted octanol–water partition coefficient (Wildman–Crippen LogP) is 3.27. The van der Waals surface area contributed by atoms with Gasteiger partial charge >= 0.3 is 6.09 Å². The Morgan fingerprint density at radius 1 is 1.50 bits per heavy atom. The average molecular weight is 351 g/mol. The van der Waals surface area contributed by atoms with E-state index in [0.717, 1.165) is 24.1 Å². The van der Waals surface area contributed by atoms with Crippen LogP contribution in [-0.4, -0.2) is 43.9 Å². The molecule has 0 aliphatic carbocycles. The van der Waals surface area contributed by atoms with Gasteiger partial charge in [0.15, 0.2) is 0 Å². The fourth-order valence-corrected chi connectivity index (χ4v) is 2.57. The molecule has 2 N–H and O–H groups in total. The first-order chi connectivity index (χ1) is 10.2. The van der Waals surface area contributed by atoms with Crippen molar-refractivity contribution in [3.63, 3.8) is 0 Å². The van der Waals surface area contributed by atoms with Gasteiger partial charge in [-0.15, -0.1) is 23.7 Å². The number of hydrogen-bond acceptors (Lipinski definition) is 5. The number of amides is 1. The first-order valence-electron chi connectivity index (χ1n) is 7.36. The minimum absolute atomic E-state index is 0. The van der Waals surface area contributed by atoms with E-state index in [9.17, 15) is 4.79 Å². The highest BCUT2D eigenvalue weighted by Crippen LogP contribution is 2.12. The van der Waals surface area contributed by atoms with Crippen LogP contribution in [0.1, 0.15) is 31.1 Å². The summed E-state index contributed by atoms with van der Waals surface area (Å²) >= 11 is 1.62. The minimum atomic E-state index is -0.326. The Morgan fingerprint density at radius 3 is 2.86 bits per heavy atom. The van der Waals surface area contributed by atoms with Crippen molar-refractivity contribution >= 4 is 29.8 Å². The van der Waals surface area contributed by atoms with E-state index in [-0.39, 0.29) is 31.1 Å². The molecule has 128 valence electrons. The summed E-state index contributed by atoms with van der Waals surface area (Å²) in [6.07, 6.45) is 2.71. The minimum Gasteiger partial charge on any atom is -0.448 e. The lowest BCUT2D eigenvalue weighted by Crippen LogP contribution is -2.36. The van der Waals surface area contributed by atoms with Crippen LogP contribution in [0, 0.1) is 0 Å². The number of nitrogens with zero attached hydrogens (tertiary/aromatic N) is 1. The average Bonchev–Trinajstić information content (AvgIpc) is 2.99. The van der Waals surface area contributed by atoms with Gasteiger partial charge in [0.2, 0.25) is 0 Å². The maximum atomic E-state index is 12.2. The molecule has 0 unspecified atom stereocenters. The van der Waals surface area contributed by atoms with Crippen molar-refractivity contribution < 1.29 is 14.3 Å². The number of ether oxygens (including phenoxy) is 2. The van der Waals surface area contributed by atoms with Gasteiger partial charge in [-0.2, -0.15) is 0 Å². The summed E-state index contributed by atoms with van der Waals surface area (Å²) in [5.74, 6) is 0. The van der Waals surface area contributed by atoms with Gasteiger partial charge in [-0.25, -0.2) is 4.79 Å². The molecule has 1 aromatic rings. The summed E-state index contributed by atoms with van der Waals surface area (Å²) in [5.41, 5.74) is 5.93. The maximum absolute atomic E-state index is 12.2. The number of hydrogen-bond donors (Lipinski definition) is 1. The van der Waals surface area contributed by atoms with E-state index in [1.807, 2.05) is 17.5 Å². The molecule has 0 aromatic carbocycles. The molecule has 0 radical (unpaired) electrons. The second kappa shape index (κ2) is 12.7. The Balaban J connectivity index is 0.00000441. The summed E-state index contributed by atoms with van der Waals surface area (Å²) < 4.78 is 10.4. The Kier molecular flexibility index (Phi) is 12.2. The molecule has 1 aromatic heterocycles. The van der Waals surface area contributed by atoms with Crippen LogP contribution in [0.3, 0.4) is 0 Å². The van der Waals surface area contributed by atoms with E-state index in [1.54, 1.807) is 23.3 Å². The second-order valence-corrected chi connectivity index (χ2v) is 6.01. The maximum Gasteiger partial charge on any atom is 0.410 e. The smallest absolute Gasteiger partial charge is 0.410 e. The molecular weight excluding hydrogens is 324 g/mol. The molecule has 0 fully saturated rings. The number of unbranched alkanes of at least 4 members (excludes halogenated alkanes) is 1. The van der Waals surface area contributed by atoms with Crippen LogP contribution in [0.15, 0.2) is 17.5 Å². The van der Waals surface area contributed by atoms with Gasteiger partial charge in [0.05, 0.1) is 13.2 Å². The predicted molar refractivity (Wildman–Crippen MR) is 92.7 cm³/mol. The quantitative estimate of drug-likeness (QED) is 0.703. The van der Waals surface area contributed by atoms with Crippen molar-refractivity contribution in [1.29, 1.82) is 0 Å². The van der Waals surface area contributed by atoms with Gasteiger partial charge in [0.25, 0.3) is 0 Å². The molecule has 5 nitrogen and oxygen atoms in total. The molecule has 0 spiro atoms. The second-order valence-electron chi connectivity index (χ2n) is 4.97. The van der Waals surface area contributed by atoms with Gasteiger partial charge < -0.3 is 20.1 Å². The number of thiophene rings is 1. The fraction of sp³-hybridized carbons (Fsp3) is 0.667. The van der Waals surface area contributed by atoms with E-state index in [2.05, 4.69) is 6.92 Å². The number of rotatable bonds is 10. The van der Waals surface area contributed by atoms with Crippen LogP contribution in [-0.2, 0) is 16.0 Å². The van der Waals surface area contributed by atoms with Crippen molar-refractivity contribution in [2.24, 2.45) is 5.73 Å². The van der Waals surface area contributed by atoms with Crippen molar-refractivity contribution in [3.05, 3.63) is 22.4 Å². The highest BCUT2D eigenvalue weighted by molar-refractivity contribution is 7.09. The molecule has 7 heteroatoms. The normalized spacial score (nSPS) is 11.6. The Labute approximate surface area is 143 Å². The Hall–Kier alpha value is -0.820. The highest BCUT2D eigenvalue weighted by Gasteiger charge is 2.17. The van der Waals surface area contributed by atoms with E-state index < -0.39 is 0 Å². The zero-order valence-corrected chi connectivity index (χ0v) is 15.0. The van der Waals surface area contributed by atoms with Gasteiger partial charge in [-0.3, -0.25) is 0 Å². The first kappa shape index (κ1) is 21.2. The number of methoxy groups -OCH3 is 1. The Bertz CT molecular complexity index is 390. The molecule has 0 saturated heterocycles. The Morgan fingerprint density at radius 2 is 2.27 bits per heavy atom. The topological polar surface area (TPSA) is 64.8 Å². The SMILES string of the molecule is CCCC[C@H](N)COC(=O)N(CCOC)Cc1cccs1.Cl. The number of carbonyl (C=O) groups excluding carboxylic acids is 1. The molecule has 0 saturated carbocycles. The van der Waals surface area contributed by atoms with E-state index in [0.29, 0.717) is 19.7 Å². The molecule has 0 aliphatic rings. The summed E-state index contributed by atoms with van der Waals surface area (Å²) in [5, 5.41) is 2.00.